The largest absolute Gasteiger partial charge is 0.486 e. The minimum Gasteiger partial charge on any atom is -0.486 e. The van der Waals surface area contributed by atoms with Crippen molar-refractivity contribution in [1.29, 1.82) is 0 Å². The highest BCUT2D eigenvalue weighted by molar-refractivity contribution is 6.32. The highest BCUT2D eigenvalue weighted by Crippen LogP contribution is 2.35. The van der Waals surface area contributed by atoms with Crippen molar-refractivity contribution in [3.63, 3.8) is 0 Å². The molecule has 0 unspecified atom stereocenters. The molecule has 2 heterocycles. The van der Waals surface area contributed by atoms with Gasteiger partial charge < -0.3 is 20.5 Å². The van der Waals surface area contributed by atoms with Gasteiger partial charge >= 0.3 is 0 Å². The number of allylic oxidation sites excluding steroid dienone is 3. The van der Waals surface area contributed by atoms with Gasteiger partial charge in [-0.15, -0.1) is 0 Å². The molecule has 0 saturated heterocycles. The van der Waals surface area contributed by atoms with E-state index < -0.39 is 11.6 Å². The van der Waals surface area contributed by atoms with E-state index >= 15 is 0 Å². The zero-order valence-electron chi connectivity index (χ0n) is 15.8. The van der Waals surface area contributed by atoms with Crippen molar-refractivity contribution in [2.24, 2.45) is 5.73 Å². The Bertz CT molecular complexity index is 1090. The lowest BCUT2D eigenvalue weighted by molar-refractivity contribution is 0.171. The number of hydrogen-bond acceptors (Lipinski definition) is 5. The Balaban J connectivity index is 1.82. The molecule has 0 spiro atoms. The number of benzene rings is 2. The van der Waals surface area contributed by atoms with Gasteiger partial charge in [0.05, 0.1) is 16.3 Å². The quantitative estimate of drug-likeness (QED) is 0.704. The van der Waals surface area contributed by atoms with Crippen molar-refractivity contribution in [3.8, 4) is 11.5 Å². The lowest BCUT2D eigenvalue weighted by atomic mass is 10.1. The molecule has 154 valence electrons. The number of nitrogens with one attached hydrogen (secondary N) is 1. The highest BCUT2D eigenvalue weighted by Gasteiger charge is 2.22. The molecule has 30 heavy (non-hydrogen) atoms. The molecule has 0 amide bonds. The molecule has 2 aromatic rings. The van der Waals surface area contributed by atoms with Crippen LogP contribution in [-0.4, -0.2) is 18.1 Å². The predicted molar refractivity (Wildman–Crippen MR) is 113 cm³/mol. The van der Waals surface area contributed by atoms with Gasteiger partial charge in [-0.1, -0.05) is 24.2 Å². The lowest BCUT2D eigenvalue weighted by Gasteiger charge is -2.29. The van der Waals surface area contributed by atoms with Crippen molar-refractivity contribution in [3.05, 3.63) is 95.1 Å². The van der Waals surface area contributed by atoms with Gasteiger partial charge in [0, 0.05) is 23.7 Å². The Morgan fingerprint density at radius 2 is 1.87 bits per heavy atom. The van der Waals surface area contributed by atoms with Crippen molar-refractivity contribution in [2.75, 3.05) is 18.5 Å². The molecule has 0 aromatic heterocycles. The predicted octanol–water partition coefficient (Wildman–Crippen LogP) is 5.14. The SMILES string of the molecule is C=C1C=CC(F)=CN1/C(Nc1ccc2c(c1)OCCO2)=C(\N)c1c(F)cccc1Cl. The number of fused-ring (bicyclic) bond motifs is 1. The first-order chi connectivity index (χ1) is 14.4. The normalized spacial score (nSPS) is 16.2. The summed E-state index contributed by atoms with van der Waals surface area (Å²) in [5.74, 6) is 0.217. The summed E-state index contributed by atoms with van der Waals surface area (Å²) < 4.78 is 39.7. The fourth-order valence-electron chi connectivity index (χ4n) is 3.10. The third-order valence-corrected chi connectivity index (χ3v) is 4.84. The summed E-state index contributed by atoms with van der Waals surface area (Å²) in [6, 6.07) is 9.44. The van der Waals surface area contributed by atoms with E-state index in [2.05, 4.69) is 11.9 Å². The van der Waals surface area contributed by atoms with Crippen molar-refractivity contribution in [1.82, 2.24) is 4.90 Å². The molecule has 0 atom stereocenters. The van der Waals surface area contributed by atoms with Gasteiger partial charge in [0.25, 0.3) is 0 Å². The standard InChI is InChI=1S/C22H18ClF2N3O2/c1-13-5-6-14(24)12-28(13)22(21(26)20-16(23)3-2-4-17(20)25)27-15-7-8-18-19(11-15)30-10-9-29-18/h2-8,11-12,27H,1,9-10,26H2/b22-21-. The van der Waals surface area contributed by atoms with Crippen LogP contribution in [0.4, 0.5) is 14.5 Å². The van der Waals surface area contributed by atoms with Crippen LogP contribution in [0.25, 0.3) is 5.70 Å². The molecule has 0 aliphatic carbocycles. The number of nitrogens with two attached hydrogens (primary N) is 1. The first-order valence-corrected chi connectivity index (χ1v) is 9.46. The average Bonchev–Trinajstić information content (AvgIpc) is 2.73. The maximum atomic E-state index is 14.6. The second-order valence-electron chi connectivity index (χ2n) is 6.55. The summed E-state index contributed by atoms with van der Waals surface area (Å²) in [6.07, 6.45) is 3.95. The zero-order valence-corrected chi connectivity index (χ0v) is 16.5. The van der Waals surface area contributed by atoms with E-state index in [-0.39, 0.29) is 22.1 Å². The third-order valence-electron chi connectivity index (χ3n) is 4.53. The van der Waals surface area contributed by atoms with Gasteiger partial charge in [0.2, 0.25) is 0 Å². The molecular weight excluding hydrogens is 412 g/mol. The molecular formula is C22H18ClF2N3O2. The van der Waals surface area contributed by atoms with Gasteiger partial charge in [-0.05, 0) is 36.4 Å². The van der Waals surface area contributed by atoms with Gasteiger partial charge in [-0.2, -0.15) is 0 Å². The molecule has 0 fully saturated rings. The second-order valence-corrected chi connectivity index (χ2v) is 6.96. The first kappa shape index (κ1) is 19.8. The Morgan fingerprint density at radius 3 is 2.63 bits per heavy atom. The monoisotopic (exact) mass is 429 g/mol. The summed E-state index contributed by atoms with van der Waals surface area (Å²) in [5.41, 5.74) is 7.31. The summed E-state index contributed by atoms with van der Waals surface area (Å²) in [6.45, 7) is 4.80. The van der Waals surface area contributed by atoms with Crippen LogP contribution in [0.3, 0.4) is 0 Å². The molecule has 0 saturated carbocycles. The summed E-state index contributed by atoms with van der Waals surface area (Å²) >= 11 is 6.21. The van der Waals surface area contributed by atoms with E-state index in [1.54, 1.807) is 18.2 Å². The van der Waals surface area contributed by atoms with E-state index in [9.17, 15) is 8.78 Å². The average molecular weight is 430 g/mol. The second kappa shape index (κ2) is 8.12. The van der Waals surface area contributed by atoms with Crippen LogP contribution in [0.15, 0.2) is 78.7 Å². The molecule has 5 nitrogen and oxygen atoms in total. The molecule has 3 N–H and O–H groups in total. The minimum atomic E-state index is -0.607. The molecule has 2 aliphatic rings. The van der Waals surface area contributed by atoms with E-state index in [4.69, 9.17) is 26.8 Å². The molecule has 4 rings (SSSR count). The maximum absolute atomic E-state index is 14.6. The molecule has 0 bridgehead atoms. The highest BCUT2D eigenvalue weighted by atomic mass is 35.5. The van der Waals surface area contributed by atoms with Crippen LogP contribution in [0.2, 0.25) is 5.02 Å². The first-order valence-electron chi connectivity index (χ1n) is 9.08. The topological polar surface area (TPSA) is 59.8 Å². The summed E-state index contributed by atoms with van der Waals surface area (Å²) in [5, 5.41) is 3.24. The van der Waals surface area contributed by atoms with Gasteiger partial charge in [-0.3, -0.25) is 4.90 Å². The number of halogens is 3. The number of rotatable bonds is 4. The Labute approximate surface area is 177 Å². The van der Waals surface area contributed by atoms with Crippen molar-refractivity contribution in [2.45, 2.75) is 0 Å². The Morgan fingerprint density at radius 1 is 1.10 bits per heavy atom. The molecule has 0 radical (unpaired) electrons. The number of ether oxygens (including phenoxy) is 2. The van der Waals surface area contributed by atoms with Crippen LogP contribution in [0, 0.1) is 5.82 Å². The Hall–Kier alpha value is -3.45. The fraction of sp³-hybridized carbons (Fsp3) is 0.0909. The van der Waals surface area contributed by atoms with Crippen LogP contribution < -0.4 is 20.5 Å². The summed E-state index contributed by atoms with van der Waals surface area (Å²) in [7, 11) is 0. The minimum absolute atomic E-state index is 0.00429. The number of hydrogen-bond donors (Lipinski definition) is 2. The summed E-state index contributed by atoms with van der Waals surface area (Å²) in [4.78, 5) is 1.39. The van der Waals surface area contributed by atoms with Crippen LogP contribution in [0.5, 0.6) is 11.5 Å². The zero-order chi connectivity index (χ0) is 21.3. The number of nitrogens with zero attached hydrogens (tertiary/aromatic N) is 1. The van der Waals surface area contributed by atoms with E-state index in [0.717, 1.165) is 0 Å². The van der Waals surface area contributed by atoms with Crippen LogP contribution in [0.1, 0.15) is 5.56 Å². The Kier molecular flexibility index (Phi) is 5.37. The van der Waals surface area contributed by atoms with Gasteiger partial charge in [-0.25, -0.2) is 8.78 Å². The van der Waals surface area contributed by atoms with E-state index in [1.807, 2.05) is 0 Å². The van der Waals surface area contributed by atoms with Crippen LogP contribution in [-0.2, 0) is 0 Å². The van der Waals surface area contributed by atoms with Crippen LogP contribution >= 0.6 is 11.6 Å². The molecule has 2 aromatic carbocycles. The maximum Gasteiger partial charge on any atom is 0.163 e. The van der Waals surface area contributed by atoms with Gasteiger partial charge in [0.1, 0.15) is 30.7 Å². The van der Waals surface area contributed by atoms with E-state index in [0.29, 0.717) is 36.1 Å². The third kappa shape index (κ3) is 3.84. The fourth-order valence-corrected chi connectivity index (χ4v) is 3.37. The number of anilines is 1. The smallest absolute Gasteiger partial charge is 0.163 e. The molecule has 8 heteroatoms. The lowest BCUT2D eigenvalue weighted by Crippen LogP contribution is -2.26. The van der Waals surface area contributed by atoms with Crippen molar-refractivity contribution < 1.29 is 18.3 Å². The molecule has 2 aliphatic heterocycles. The van der Waals surface area contributed by atoms with E-state index in [1.165, 1.54) is 41.5 Å². The van der Waals surface area contributed by atoms with Gasteiger partial charge in [0.15, 0.2) is 11.5 Å². The van der Waals surface area contributed by atoms with Crippen molar-refractivity contribution >= 4 is 23.0 Å².